The summed E-state index contributed by atoms with van der Waals surface area (Å²) in [5.41, 5.74) is 3.35. The van der Waals surface area contributed by atoms with E-state index in [0.29, 0.717) is 0 Å². The van der Waals surface area contributed by atoms with Gasteiger partial charge in [-0.15, -0.1) is 11.8 Å². The lowest BCUT2D eigenvalue weighted by molar-refractivity contribution is 0.296. The van der Waals surface area contributed by atoms with Crippen molar-refractivity contribution < 1.29 is 5.11 Å². The topological polar surface area (TPSA) is 45.1 Å². The second-order valence-corrected chi connectivity index (χ2v) is 6.46. The molecule has 0 saturated heterocycles. The lowest BCUT2D eigenvalue weighted by Crippen LogP contribution is -2.00. The molecule has 1 aromatic heterocycles. The summed E-state index contributed by atoms with van der Waals surface area (Å²) < 4.78 is 0. The van der Waals surface area contributed by atoms with Crippen molar-refractivity contribution in [3.05, 3.63) is 66.4 Å². The number of aliphatic hydroxyl groups is 1. The van der Waals surface area contributed by atoms with Gasteiger partial charge in [-0.3, -0.25) is 4.98 Å². The van der Waals surface area contributed by atoms with E-state index >= 15 is 0 Å². The molecule has 0 bridgehead atoms. The minimum atomic E-state index is 0.256. The third-order valence-corrected chi connectivity index (χ3v) is 4.72. The normalized spacial score (nSPS) is 10.8. The summed E-state index contributed by atoms with van der Waals surface area (Å²) in [6, 6.07) is 18.8. The number of hydrogen-bond acceptors (Lipinski definition) is 4. The van der Waals surface area contributed by atoms with E-state index in [1.807, 2.05) is 12.3 Å². The molecule has 0 fully saturated rings. The van der Waals surface area contributed by atoms with Gasteiger partial charge in [-0.2, -0.15) is 0 Å². The number of pyridine rings is 1. The maximum atomic E-state index is 8.81. The summed E-state index contributed by atoms with van der Waals surface area (Å²) in [5, 5.41) is 13.4. The van der Waals surface area contributed by atoms with Crippen LogP contribution in [0.5, 0.6) is 0 Å². The average molecular weight is 324 g/mol. The summed E-state index contributed by atoms with van der Waals surface area (Å²) >= 11 is 1.77. The van der Waals surface area contributed by atoms with Crippen LogP contribution in [0.4, 0.5) is 5.69 Å². The number of aliphatic hydroxyl groups excluding tert-OH is 1. The quantitative estimate of drug-likeness (QED) is 0.502. The van der Waals surface area contributed by atoms with Gasteiger partial charge >= 0.3 is 0 Å². The molecule has 0 radical (unpaired) electrons. The van der Waals surface area contributed by atoms with Gasteiger partial charge in [-0.25, -0.2) is 0 Å². The Bertz CT molecular complexity index is 753. The first-order valence-electron chi connectivity index (χ1n) is 7.77. The van der Waals surface area contributed by atoms with E-state index in [4.69, 9.17) is 5.11 Å². The Balaban J connectivity index is 1.63. The molecule has 3 rings (SSSR count). The predicted octanol–water partition coefficient (Wildman–Crippen LogP) is 4.32. The van der Waals surface area contributed by atoms with Crippen LogP contribution in [0.15, 0.2) is 65.7 Å². The first-order valence-corrected chi connectivity index (χ1v) is 8.75. The number of aromatic nitrogens is 1. The number of thioether (sulfide) groups is 1. The SMILES string of the molecule is OCCCSc1ccc(NCc2cccc3cccnc23)cc1. The van der Waals surface area contributed by atoms with Crippen molar-refractivity contribution >= 4 is 28.4 Å². The highest BCUT2D eigenvalue weighted by Gasteiger charge is 2.02. The minimum absolute atomic E-state index is 0.256. The van der Waals surface area contributed by atoms with Crippen molar-refractivity contribution in [2.75, 3.05) is 17.7 Å². The van der Waals surface area contributed by atoms with Crippen LogP contribution in [-0.2, 0) is 6.54 Å². The van der Waals surface area contributed by atoms with Crippen LogP contribution in [0.1, 0.15) is 12.0 Å². The van der Waals surface area contributed by atoms with Gasteiger partial charge < -0.3 is 10.4 Å². The number of hydrogen-bond donors (Lipinski definition) is 2. The van der Waals surface area contributed by atoms with Crippen molar-refractivity contribution in [1.82, 2.24) is 4.98 Å². The highest BCUT2D eigenvalue weighted by molar-refractivity contribution is 7.99. The fourth-order valence-corrected chi connectivity index (χ4v) is 3.27. The van der Waals surface area contributed by atoms with Crippen molar-refractivity contribution in [2.45, 2.75) is 17.9 Å². The molecule has 3 aromatic rings. The van der Waals surface area contributed by atoms with E-state index in [2.05, 4.69) is 58.8 Å². The molecule has 0 unspecified atom stereocenters. The molecule has 0 aliphatic heterocycles. The Morgan fingerprint density at radius 1 is 1.00 bits per heavy atom. The Labute approximate surface area is 140 Å². The maximum Gasteiger partial charge on any atom is 0.0751 e. The van der Waals surface area contributed by atoms with Gasteiger partial charge in [0, 0.05) is 41.1 Å². The Kier molecular flexibility index (Phi) is 5.51. The van der Waals surface area contributed by atoms with Gasteiger partial charge in [0.2, 0.25) is 0 Å². The van der Waals surface area contributed by atoms with Crippen LogP contribution in [0.2, 0.25) is 0 Å². The predicted molar refractivity (Wildman–Crippen MR) is 97.9 cm³/mol. The van der Waals surface area contributed by atoms with Gasteiger partial charge in [-0.05, 0) is 42.3 Å². The van der Waals surface area contributed by atoms with Gasteiger partial charge in [-0.1, -0.05) is 24.3 Å². The maximum absolute atomic E-state index is 8.81. The Morgan fingerprint density at radius 3 is 2.65 bits per heavy atom. The van der Waals surface area contributed by atoms with E-state index in [-0.39, 0.29) is 6.61 Å². The van der Waals surface area contributed by atoms with Crippen LogP contribution in [0, 0.1) is 0 Å². The highest BCUT2D eigenvalue weighted by atomic mass is 32.2. The lowest BCUT2D eigenvalue weighted by Gasteiger charge is -2.09. The summed E-state index contributed by atoms with van der Waals surface area (Å²) in [4.78, 5) is 5.72. The molecule has 3 nitrogen and oxygen atoms in total. The van der Waals surface area contributed by atoms with Gasteiger partial charge in [0.05, 0.1) is 5.52 Å². The molecule has 0 aliphatic carbocycles. The molecule has 1 heterocycles. The molecular weight excluding hydrogens is 304 g/mol. The summed E-state index contributed by atoms with van der Waals surface area (Å²) in [5.74, 6) is 0.949. The number of nitrogens with one attached hydrogen (secondary N) is 1. The largest absolute Gasteiger partial charge is 0.396 e. The number of para-hydroxylation sites is 1. The molecule has 118 valence electrons. The second kappa shape index (κ2) is 7.99. The molecule has 4 heteroatoms. The van der Waals surface area contributed by atoms with E-state index < -0.39 is 0 Å². The van der Waals surface area contributed by atoms with Gasteiger partial charge in [0.1, 0.15) is 0 Å². The summed E-state index contributed by atoms with van der Waals surface area (Å²) in [7, 11) is 0. The average Bonchev–Trinajstić information content (AvgIpc) is 2.61. The van der Waals surface area contributed by atoms with Crippen LogP contribution in [0.3, 0.4) is 0 Å². The van der Waals surface area contributed by atoms with E-state index in [0.717, 1.165) is 29.9 Å². The van der Waals surface area contributed by atoms with Crippen molar-refractivity contribution in [2.24, 2.45) is 0 Å². The Hall–Kier alpha value is -2.04. The third kappa shape index (κ3) is 4.24. The summed E-state index contributed by atoms with van der Waals surface area (Å²) in [6.07, 6.45) is 2.67. The van der Waals surface area contributed by atoms with E-state index in [9.17, 15) is 0 Å². The molecule has 0 saturated carbocycles. The van der Waals surface area contributed by atoms with Crippen LogP contribution >= 0.6 is 11.8 Å². The smallest absolute Gasteiger partial charge is 0.0751 e. The van der Waals surface area contributed by atoms with Gasteiger partial charge in [0.25, 0.3) is 0 Å². The number of rotatable bonds is 7. The molecule has 0 amide bonds. The van der Waals surface area contributed by atoms with Crippen LogP contribution in [0.25, 0.3) is 10.9 Å². The second-order valence-electron chi connectivity index (χ2n) is 5.30. The van der Waals surface area contributed by atoms with Crippen molar-refractivity contribution in [3.8, 4) is 0 Å². The first kappa shape index (κ1) is 15.8. The highest BCUT2D eigenvalue weighted by Crippen LogP contribution is 2.22. The zero-order valence-electron chi connectivity index (χ0n) is 12.9. The fraction of sp³-hybridized carbons (Fsp3) is 0.211. The molecule has 0 aliphatic rings. The number of fused-ring (bicyclic) bond motifs is 1. The molecule has 2 aromatic carbocycles. The zero-order valence-corrected chi connectivity index (χ0v) is 13.7. The van der Waals surface area contributed by atoms with Gasteiger partial charge in [0.15, 0.2) is 0 Å². The molecule has 23 heavy (non-hydrogen) atoms. The lowest BCUT2D eigenvalue weighted by atomic mass is 10.1. The third-order valence-electron chi connectivity index (χ3n) is 3.62. The number of benzene rings is 2. The molecule has 0 atom stereocenters. The molecular formula is C19H20N2OS. The molecule has 0 spiro atoms. The van der Waals surface area contributed by atoms with E-state index in [1.54, 1.807) is 11.8 Å². The fourth-order valence-electron chi connectivity index (χ4n) is 2.43. The van der Waals surface area contributed by atoms with Crippen molar-refractivity contribution in [1.29, 1.82) is 0 Å². The van der Waals surface area contributed by atoms with Crippen LogP contribution < -0.4 is 5.32 Å². The Morgan fingerprint density at radius 2 is 1.83 bits per heavy atom. The number of anilines is 1. The minimum Gasteiger partial charge on any atom is -0.396 e. The number of nitrogens with zero attached hydrogens (tertiary/aromatic N) is 1. The summed E-state index contributed by atoms with van der Waals surface area (Å²) in [6.45, 7) is 1.01. The standard InChI is InChI=1S/C19H20N2OS/c22-12-3-13-23-18-9-7-17(8-10-18)21-14-16-5-1-4-15-6-2-11-20-19(15)16/h1-2,4-11,21-22H,3,12-14H2. The van der Waals surface area contributed by atoms with Crippen molar-refractivity contribution in [3.63, 3.8) is 0 Å². The zero-order chi connectivity index (χ0) is 15.9. The van der Waals surface area contributed by atoms with Crippen LogP contribution in [-0.4, -0.2) is 22.5 Å². The molecule has 2 N–H and O–H groups in total. The monoisotopic (exact) mass is 324 g/mol. The van der Waals surface area contributed by atoms with E-state index in [1.165, 1.54) is 15.8 Å². The first-order chi connectivity index (χ1) is 11.4.